The van der Waals surface area contributed by atoms with E-state index in [0.29, 0.717) is 0 Å². The molecule has 2 heterocycles. The van der Waals surface area contributed by atoms with Crippen LogP contribution in [0.1, 0.15) is 22.3 Å². The maximum absolute atomic E-state index is 7.07. The molecule has 67 heavy (non-hydrogen) atoms. The molecule has 1 aliphatic heterocycles. The summed E-state index contributed by atoms with van der Waals surface area (Å²) in [4.78, 5) is 4.87. The van der Waals surface area contributed by atoms with Crippen molar-refractivity contribution in [3.05, 3.63) is 265 Å². The Hall–Kier alpha value is -8.44. The van der Waals surface area contributed by atoms with E-state index in [2.05, 4.69) is 252 Å². The number of ether oxygens (including phenoxy) is 1. The lowest BCUT2D eigenvalue weighted by atomic mass is 9.66. The van der Waals surface area contributed by atoms with Gasteiger partial charge < -0.3 is 14.5 Å². The fourth-order valence-electron chi connectivity index (χ4n) is 11.4. The number of hydrogen-bond acceptors (Lipinski definition) is 4. The molecule has 0 bridgehead atoms. The number of hydrogen-bond donors (Lipinski definition) is 0. The first-order valence-electron chi connectivity index (χ1n) is 22.9. The first-order chi connectivity index (χ1) is 33.3. The third-order valence-corrected chi connectivity index (χ3v) is 15.2. The van der Waals surface area contributed by atoms with E-state index in [9.17, 15) is 0 Å². The van der Waals surface area contributed by atoms with E-state index in [1.165, 1.54) is 75.2 Å². The van der Waals surface area contributed by atoms with E-state index in [1.807, 2.05) is 11.3 Å². The molecule has 1 aliphatic carbocycles. The van der Waals surface area contributed by atoms with Gasteiger partial charge in [-0.05, 0) is 93.7 Å². The Morgan fingerprint density at radius 1 is 0.358 bits per heavy atom. The minimum absolute atomic E-state index is 0.537. The maximum atomic E-state index is 7.07. The van der Waals surface area contributed by atoms with Gasteiger partial charge in [-0.1, -0.05) is 176 Å². The molecule has 0 saturated heterocycles. The van der Waals surface area contributed by atoms with Crippen LogP contribution >= 0.6 is 11.3 Å². The highest BCUT2D eigenvalue weighted by Gasteiger charge is 2.51. The van der Waals surface area contributed by atoms with Gasteiger partial charge in [0.25, 0.3) is 0 Å². The topological polar surface area (TPSA) is 15.7 Å². The lowest BCUT2D eigenvalue weighted by molar-refractivity contribution is 0.436. The van der Waals surface area contributed by atoms with Crippen LogP contribution in [0.15, 0.2) is 243 Å². The van der Waals surface area contributed by atoms with Gasteiger partial charge in [-0.3, -0.25) is 0 Å². The number of para-hydroxylation sites is 4. The number of rotatable bonds is 6. The van der Waals surface area contributed by atoms with Gasteiger partial charge in [0.2, 0.25) is 0 Å². The predicted octanol–water partition coefficient (Wildman–Crippen LogP) is 17.8. The molecule has 0 unspecified atom stereocenters. The lowest BCUT2D eigenvalue weighted by Gasteiger charge is -2.40. The van der Waals surface area contributed by atoms with Crippen molar-refractivity contribution in [1.29, 1.82) is 0 Å². The smallest absolute Gasteiger partial charge is 0.134 e. The highest BCUT2D eigenvalue weighted by molar-refractivity contribution is 7.26. The fraction of sp³-hybridized carbons (Fsp3) is 0.0159. The maximum Gasteiger partial charge on any atom is 0.134 e. The summed E-state index contributed by atoms with van der Waals surface area (Å²) in [6, 6.07) is 88.4. The van der Waals surface area contributed by atoms with Crippen molar-refractivity contribution in [3.63, 3.8) is 0 Å². The Bertz CT molecular complexity index is 3830. The van der Waals surface area contributed by atoms with Crippen molar-refractivity contribution in [2.75, 3.05) is 9.80 Å². The Morgan fingerprint density at radius 2 is 0.881 bits per heavy atom. The van der Waals surface area contributed by atoms with Crippen molar-refractivity contribution in [1.82, 2.24) is 0 Å². The normalized spacial score (nSPS) is 13.0. The Labute approximate surface area is 392 Å². The highest BCUT2D eigenvalue weighted by atomic mass is 32.1. The molecular weight excluding hydrogens is 833 g/mol. The van der Waals surface area contributed by atoms with Crippen LogP contribution in [-0.2, 0) is 5.41 Å². The number of thiophene rings is 1. The van der Waals surface area contributed by atoms with E-state index < -0.39 is 5.41 Å². The molecule has 0 saturated carbocycles. The minimum atomic E-state index is -0.537. The molecule has 12 aromatic rings. The molecule has 0 atom stereocenters. The average Bonchev–Trinajstić information content (AvgIpc) is 3.91. The Balaban J connectivity index is 1.03. The second-order valence-corrected chi connectivity index (χ2v) is 18.6. The number of nitrogens with zero attached hydrogens (tertiary/aromatic N) is 2. The van der Waals surface area contributed by atoms with Gasteiger partial charge in [-0.15, -0.1) is 11.3 Å². The molecular formula is C63H40N2OS. The largest absolute Gasteiger partial charge is 0.457 e. The second-order valence-electron chi connectivity index (χ2n) is 17.5. The molecule has 3 nitrogen and oxygen atoms in total. The standard InChI is InChI=1S/C63H40N2OS/c1-4-21-42(22-5-1)64(45-36-37-55-58(39-45)66-57-35-19-18-34-54(57)63(55)52-32-16-14-28-47(52)48-29-15-17-33-53(48)63)56-40-59-60(50-31-13-12-30-49(50)56)51-38-41-20-10-11-27-46(41)61(62(51)67-59)65(43-23-6-2-7-24-43)44-25-8-3-9-26-44/h1-40H. The van der Waals surface area contributed by atoms with Crippen LogP contribution in [-0.4, -0.2) is 0 Å². The second kappa shape index (κ2) is 14.8. The Kier molecular flexibility index (Phi) is 8.37. The summed E-state index contributed by atoms with van der Waals surface area (Å²) in [6.45, 7) is 0. The monoisotopic (exact) mass is 872 g/mol. The summed E-state index contributed by atoms with van der Waals surface area (Å²) in [7, 11) is 0. The molecule has 1 spiro atoms. The molecule has 1 aromatic heterocycles. The SMILES string of the molecule is c1ccc(N(c2ccc3c(c2)Oc2ccccc2C32c3ccccc3-c3ccccc32)c2cc3sc4c(N(c5ccccc5)c5ccccc5)c5ccccc5cc4c3c3ccccc23)cc1. The van der Waals surface area contributed by atoms with Crippen LogP contribution in [0.4, 0.5) is 34.1 Å². The van der Waals surface area contributed by atoms with Gasteiger partial charge in [0.15, 0.2) is 0 Å². The lowest BCUT2D eigenvalue weighted by Crippen LogP contribution is -2.32. The minimum Gasteiger partial charge on any atom is -0.457 e. The number of anilines is 6. The van der Waals surface area contributed by atoms with Gasteiger partial charge >= 0.3 is 0 Å². The molecule has 11 aromatic carbocycles. The van der Waals surface area contributed by atoms with Crippen molar-refractivity contribution in [3.8, 4) is 22.6 Å². The predicted molar refractivity (Wildman–Crippen MR) is 281 cm³/mol. The molecule has 0 fully saturated rings. The molecule has 314 valence electrons. The van der Waals surface area contributed by atoms with Crippen LogP contribution in [0, 0.1) is 0 Å². The van der Waals surface area contributed by atoms with Crippen molar-refractivity contribution >= 4 is 87.2 Å². The summed E-state index contributed by atoms with van der Waals surface area (Å²) in [6.07, 6.45) is 0. The summed E-state index contributed by atoms with van der Waals surface area (Å²) in [5.74, 6) is 1.74. The summed E-state index contributed by atoms with van der Waals surface area (Å²) >= 11 is 1.88. The summed E-state index contributed by atoms with van der Waals surface area (Å²) in [5, 5.41) is 7.34. The van der Waals surface area contributed by atoms with E-state index >= 15 is 0 Å². The zero-order chi connectivity index (χ0) is 44.1. The zero-order valence-electron chi connectivity index (χ0n) is 36.3. The summed E-state index contributed by atoms with van der Waals surface area (Å²) in [5.41, 5.74) is 13.5. The Morgan fingerprint density at radius 3 is 1.55 bits per heavy atom. The van der Waals surface area contributed by atoms with Gasteiger partial charge in [0.1, 0.15) is 11.5 Å². The quantitative estimate of drug-likeness (QED) is 0.166. The van der Waals surface area contributed by atoms with E-state index in [4.69, 9.17) is 4.74 Å². The van der Waals surface area contributed by atoms with Gasteiger partial charge in [0, 0.05) is 66.2 Å². The highest BCUT2D eigenvalue weighted by Crippen LogP contribution is 2.63. The van der Waals surface area contributed by atoms with Crippen LogP contribution < -0.4 is 14.5 Å². The summed E-state index contributed by atoms with van der Waals surface area (Å²) < 4.78 is 9.55. The zero-order valence-corrected chi connectivity index (χ0v) is 37.1. The van der Waals surface area contributed by atoms with E-state index in [1.54, 1.807) is 0 Å². The van der Waals surface area contributed by atoms with Gasteiger partial charge in [0.05, 0.1) is 21.5 Å². The molecule has 4 heteroatoms. The molecule has 0 radical (unpaired) electrons. The number of benzene rings is 11. The molecule has 2 aliphatic rings. The van der Waals surface area contributed by atoms with Gasteiger partial charge in [-0.2, -0.15) is 0 Å². The fourth-order valence-corrected chi connectivity index (χ4v) is 12.6. The van der Waals surface area contributed by atoms with Crippen molar-refractivity contribution in [2.45, 2.75) is 5.41 Å². The van der Waals surface area contributed by atoms with Crippen LogP contribution in [0.25, 0.3) is 52.8 Å². The van der Waals surface area contributed by atoms with Gasteiger partial charge in [-0.25, -0.2) is 0 Å². The molecule has 14 rings (SSSR count). The average molecular weight is 873 g/mol. The van der Waals surface area contributed by atoms with Crippen LogP contribution in [0.3, 0.4) is 0 Å². The van der Waals surface area contributed by atoms with Crippen molar-refractivity contribution < 1.29 is 4.74 Å². The first-order valence-corrected chi connectivity index (χ1v) is 23.7. The van der Waals surface area contributed by atoms with E-state index in [-0.39, 0.29) is 0 Å². The number of fused-ring (bicyclic) bond motifs is 15. The molecule has 0 amide bonds. The van der Waals surface area contributed by atoms with Crippen LogP contribution in [0.2, 0.25) is 0 Å². The first kappa shape index (κ1) is 37.9. The van der Waals surface area contributed by atoms with Crippen LogP contribution in [0.5, 0.6) is 11.5 Å². The third kappa shape index (κ3) is 5.51. The third-order valence-electron chi connectivity index (χ3n) is 14.0. The van der Waals surface area contributed by atoms with Crippen molar-refractivity contribution in [2.24, 2.45) is 0 Å². The molecule has 0 N–H and O–H groups in total. The van der Waals surface area contributed by atoms with E-state index in [0.717, 1.165) is 45.5 Å².